The van der Waals surface area contributed by atoms with Crippen LogP contribution in [0.1, 0.15) is 32.7 Å². The van der Waals surface area contributed by atoms with E-state index in [0.29, 0.717) is 17.9 Å². The summed E-state index contributed by atoms with van der Waals surface area (Å²) in [6.45, 7) is 0.244. The van der Waals surface area contributed by atoms with Crippen LogP contribution < -0.4 is 4.74 Å². The molecule has 5 rings (SSSR count). The summed E-state index contributed by atoms with van der Waals surface area (Å²) >= 11 is 6.05. The molecule has 0 amide bonds. The van der Waals surface area contributed by atoms with Crippen LogP contribution in [0.5, 0.6) is 17.2 Å². The number of nitrogens with zero attached hydrogens (tertiary/aromatic N) is 2. The highest BCUT2D eigenvalue weighted by Crippen LogP contribution is 2.42. The molecule has 0 saturated heterocycles. The van der Waals surface area contributed by atoms with E-state index >= 15 is 0 Å². The number of rotatable bonds is 1. The van der Waals surface area contributed by atoms with Crippen LogP contribution in [-0.4, -0.2) is 38.4 Å². The van der Waals surface area contributed by atoms with Crippen molar-refractivity contribution in [3.63, 3.8) is 0 Å². The highest BCUT2D eigenvalue weighted by atomic mass is 35.5. The fourth-order valence-electron chi connectivity index (χ4n) is 3.81. The largest absolute Gasteiger partial charge is 0.507 e. The molecule has 2 N–H and O–H groups in total. The van der Waals surface area contributed by atoms with Crippen LogP contribution in [-0.2, 0) is 6.54 Å². The van der Waals surface area contributed by atoms with Crippen LogP contribution in [0.4, 0.5) is 0 Å². The van der Waals surface area contributed by atoms with E-state index in [2.05, 4.69) is 4.99 Å². The lowest BCUT2D eigenvalue weighted by atomic mass is 9.89. The van der Waals surface area contributed by atoms with Crippen LogP contribution >= 0.6 is 11.6 Å². The Balaban J connectivity index is 1.75. The summed E-state index contributed by atoms with van der Waals surface area (Å²) in [6.07, 6.45) is 3.84. The quantitative estimate of drug-likeness (QED) is 0.414. The van der Waals surface area contributed by atoms with Gasteiger partial charge >= 0.3 is 0 Å². The zero-order chi connectivity index (χ0) is 21.0. The maximum Gasteiger partial charge on any atom is 0.235 e. The normalized spacial score (nSPS) is 20.1. The van der Waals surface area contributed by atoms with Gasteiger partial charge < -0.3 is 19.8 Å². The molecule has 7 nitrogen and oxygen atoms in total. The van der Waals surface area contributed by atoms with Crippen molar-refractivity contribution < 1.29 is 24.5 Å². The predicted molar refractivity (Wildman–Crippen MR) is 109 cm³/mol. The minimum absolute atomic E-state index is 0.0182. The lowest BCUT2D eigenvalue weighted by Crippen LogP contribution is -2.34. The number of aliphatic imine (C=N–C) groups is 1. The molecule has 2 aromatic rings. The third-order valence-corrected chi connectivity index (χ3v) is 5.53. The number of alkyl halides is 1. The molecular formula is C22H15ClN2O5. The summed E-state index contributed by atoms with van der Waals surface area (Å²) in [7, 11) is 0. The zero-order valence-electron chi connectivity index (χ0n) is 15.5. The Morgan fingerprint density at radius 3 is 2.43 bits per heavy atom. The topological polar surface area (TPSA) is 99.4 Å². The molecular weight excluding hydrogens is 408 g/mol. The molecule has 3 aliphatic rings. The number of ether oxygens (including phenoxy) is 1. The first-order chi connectivity index (χ1) is 14.5. The van der Waals surface area contributed by atoms with Crippen molar-refractivity contribution in [3.05, 3.63) is 76.3 Å². The van der Waals surface area contributed by atoms with Crippen molar-refractivity contribution in [3.8, 4) is 17.2 Å². The van der Waals surface area contributed by atoms with Crippen molar-refractivity contribution in [1.82, 2.24) is 4.90 Å². The van der Waals surface area contributed by atoms with Gasteiger partial charge in [0.25, 0.3) is 0 Å². The molecule has 1 atom stereocenters. The average Bonchev–Trinajstić information content (AvgIpc) is 2.91. The molecule has 8 heteroatoms. The maximum atomic E-state index is 13.5. The van der Waals surface area contributed by atoms with Crippen molar-refractivity contribution >= 4 is 29.4 Å². The Morgan fingerprint density at radius 1 is 1.03 bits per heavy atom. The van der Waals surface area contributed by atoms with Crippen LogP contribution in [0.3, 0.4) is 0 Å². The summed E-state index contributed by atoms with van der Waals surface area (Å²) in [5.41, 5.74) is 0.404. The fraction of sp³-hybridized carbons (Fsp3) is 0.136. The Labute approximate surface area is 176 Å². The number of hydrogen-bond acceptors (Lipinski definition) is 7. The number of allylic oxidation sites excluding steroid dienone is 3. The lowest BCUT2D eigenvalue weighted by molar-refractivity contribution is 0.0910. The van der Waals surface area contributed by atoms with Gasteiger partial charge in [0, 0.05) is 18.2 Å². The first kappa shape index (κ1) is 18.4. The Kier molecular flexibility index (Phi) is 4.15. The van der Waals surface area contributed by atoms with E-state index in [1.165, 1.54) is 12.1 Å². The number of Topliss-reactive ketones (excluding diaryl/α,β-unsaturated/α-hetero) is 2. The molecule has 0 aromatic heterocycles. The van der Waals surface area contributed by atoms with E-state index < -0.39 is 22.8 Å². The van der Waals surface area contributed by atoms with Gasteiger partial charge in [-0.15, -0.1) is 0 Å². The summed E-state index contributed by atoms with van der Waals surface area (Å²) in [5.74, 6) is -1.87. The van der Waals surface area contributed by atoms with Crippen molar-refractivity contribution in [2.75, 3.05) is 0 Å². The second kappa shape index (κ2) is 6.74. The number of phenolic OH excluding ortho intramolecular Hbond substituents is 2. The van der Waals surface area contributed by atoms with Crippen molar-refractivity contribution in [2.45, 2.75) is 18.5 Å². The first-order valence-electron chi connectivity index (χ1n) is 9.25. The highest BCUT2D eigenvalue weighted by molar-refractivity contribution is 6.28. The van der Waals surface area contributed by atoms with E-state index in [0.717, 1.165) is 5.56 Å². The molecule has 1 unspecified atom stereocenters. The van der Waals surface area contributed by atoms with Crippen LogP contribution in [0.25, 0.3) is 0 Å². The van der Waals surface area contributed by atoms with Gasteiger partial charge in [0.05, 0.1) is 23.4 Å². The van der Waals surface area contributed by atoms with Crippen molar-refractivity contribution in [1.29, 1.82) is 0 Å². The number of halogens is 1. The molecule has 2 aromatic carbocycles. The SMILES string of the molecule is O=C1C2=C(C(=O)c3c(O)ccc(O)c31)N(C1=CCC(Cl)N=C1)Cc1ccccc1O2. The van der Waals surface area contributed by atoms with Gasteiger partial charge in [-0.3, -0.25) is 14.6 Å². The van der Waals surface area contributed by atoms with Gasteiger partial charge in [0.1, 0.15) is 28.4 Å². The molecule has 0 bridgehead atoms. The predicted octanol–water partition coefficient (Wildman–Crippen LogP) is 3.51. The number of aromatic hydroxyl groups is 2. The van der Waals surface area contributed by atoms with E-state index in [1.54, 1.807) is 23.2 Å². The number of dihydropyridines is 1. The molecule has 0 radical (unpaired) electrons. The molecule has 0 fully saturated rings. The third kappa shape index (κ3) is 2.70. The fourth-order valence-corrected chi connectivity index (χ4v) is 3.95. The minimum Gasteiger partial charge on any atom is -0.507 e. The average molecular weight is 423 g/mol. The Hall–Kier alpha value is -3.58. The number of ketones is 2. The maximum absolute atomic E-state index is 13.5. The smallest absolute Gasteiger partial charge is 0.235 e. The zero-order valence-corrected chi connectivity index (χ0v) is 16.3. The summed E-state index contributed by atoms with van der Waals surface area (Å²) in [5, 5.41) is 20.6. The van der Waals surface area contributed by atoms with Crippen molar-refractivity contribution in [2.24, 2.45) is 4.99 Å². The molecule has 150 valence electrons. The third-order valence-electron chi connectivity index (χ3n) is 5.24. The van der Waals surface area contributed by atoms with Gasteiger partial charge in [0.2, 0.25) is 17.3 Å². The number of fused-ring (bicyclic) bond motifs is 2. The van der Waals surface area contributed by atoms with Gasteiger partial charge in [-0.2, -0.15) is 0 Å². The van der Waals surface area contributed by atoms with Crippen LogP contribution in [0.2, 0.25) is 0 Å². The summed E-state index contributed by atoms with van der Waals surface area (Å²) in [6, 6.07) is 9.49. The monoisotopic (exact) mass is 422 g/mol. The molecule has 2 heterocycles. The van der Waals surface area contributed by atoms with E-state index in [9.17, 15) is 19.8 Å². The second-order valence-electron chi connectivity index (χ2n) is 7.06. The van der Waals surface area contributed by atoms with Gasteiger partial charge in [-0.05, 0) is 18.2 Å². The highest BCUT2D eigenvalue weighted by Gasteiger charge is 2.43. The van der Waals surface area contributed by atoms with E-state index in [-0.39, 0.29) is 34.9 Å². The van der Waals surface area contributed by atoms with Gasteiger partial charge in [-0.25, -0.2) is 0 Å². The Morgan fingerprint density at radius 2 is 1.73 bits per heavy atom. The number of carbonyl (C=O) groups excluding carboxylic acids is 2. The lowest BCUT2D eigenvalue weighted by Gasteiger charge is -2.30. The van der Waals surface area contributed by atoms with E-state index in [1.807, 2.05) is 18.2 Å². The first-order valence-corrected chi connectivity index (χ1v) is 9.68. The standard InChI is InChI=1S/C22H15ClN2O5/c23-16-8-5-12(9-24-16)25-10-11-3-1-2-4-15(11)30-22-19(25)20(28)17-13(26)6-7-14(27)18(17)21(22)29/h1-7,9,16,26-27H,8,10H2. The number of para-hydroxylation sites is 1. The molecule has 30 heavy (non-hydrogen) atoms. The molecule has 0 spiro atoms. The molecule has 1 aliphatic carbocycles. The van der Waals surface area contributed by atoms with Crippen LogP contribution in [0.15, 0.2) is 64.6 Å². The molecule has 2 aliphatic heterocycles. The van der Waals surface area contributed by atoms with Gasteiger partial charge in [-0.1, -0.05) is 35.9 Å². The van der Waals surface area contributed by atoms with E-state index in [4.69, 9.17) is 16.3 Å². The second-order valence-corrected chi connectivity index (χ2v) is 7.57. The number of hydrogen-bond donors (Lipinski definition) is 2. The van der Waals surface area contributed by atoms with Crippen LogP contribution in [0, 0.1) is 0 Å². The van der Waals surface area contributed by atoms with Gasteiger partial charge in [0.15, 0.2) is 0 Å². The minimum atomic E-state index is -0.682. The summed E-state index contributed by atoms with van der Waals surface area (Å²) in [4.78, 5) is 32.6. The Bertz CT molecular complexity index is 1210. The number of phenols is 2. The summed E-state index contributed by atoms with van der Waals surface area (Å²) < 4.78 is 5.91. The number of carbonyl (C=O) groups is 2. The number of benzene rings is 2. The molecule has 0 saturated carbocycles.